The Kier molecular flexibility index (Phi) is 5.91. The molecule has 202 valence electrons. The van der Waals surface area contributed by atoms with Crippen molar-refractivity contribution >= 4 is 41.8 Å². The second kappa shape index (κ2) is 9.09. The Bertz CT molecular complexity index is 1890. The summed E-state index contributed by atoms with van der Waals surface area (Å²) in [4.78, 5) is 22.9. The van der Waals surface area contributed by atoms with Gasteiger partial charge in [0.25, 0.3) is 5.56 Å². The highest BCUT2D eigenvalue weighted by molar-refractivity contribution is 7.88. The zero-order valence-corrected chi connectivity index (χ0v) is 21.7. The molecule has 0 amide bonds. The molecule has 0 radical (unpaired) electrons. The highest BCUT2D eigenvalue weighted by Crippen LogP contribution is 2.46. The number of rotatable bonds is 7. The van der Waals surface area contributed by atoms with E-state index in [1.807, 2.05) is 12.1 Å². The zero-order chi connectivity index (χ0) is 27.5. The van der Waals surface area contributed by atoms with Gasteiger partial charge in [-0.1, -0.05) is 12.1 Å². The predicted molar refractivity (Wildman–Crippen MR) is 137 cm³/mol. The Morgan fingerprint density at radius 2 is 2.00 bits per heavy atom. The molecule has 1 saturated carbocycles. The molecule has 0 spiro atoms. The number of thiophene rings is 1. The molecule has 0 atom stereocenters. The quantitative estimate of drug-likeness (QED) is 0.186. The highest BCUT2D eigenvalue weighted by atomic mass is 32.2. The van der Waals surface area contributed by atoms with E-state index in [9.17, 15) is 26.4 Å². The van der Waals surface area contributed by atoms with Gasteiger partial charge in [0, 0.05) is 10.9 Å². The van der Waals surface area contributed by atoms with Crippen molar-refractivity contribution in [1.82, 2.24) is 14.5 Å². The van der Waals surface area contributed by atoms with Crippen LogP contribution in [0.2, 0.25) is 0 Å². The van der Waals surface area contributed by atoms with Crippen LogP contribution in [0.15, 0.2) is 58.2 Å². The van der Waals surface area contributed by atoms with Gasteiger partial charge in [-0.15, -0.1) is 11.3 Å². The summed E-state index contributed by atoms with van der Waals surface area (Å²) in [6.45, 7) is -0.0107. The number of halogens is 3. The zero-order valence-electron chi connectivity index (χ0n) is 20.1. The molecule has 6 rings (SSSR count). The molecule has 3 aromatic heterocycles. The maximum Gasteiger partial charge on any atom is 0.534 e. The first-order valence-corrected chi connectivity index (χ1v) is 13.8. The largest absolute Gasteiger partial charge is 0.534 e. The summed E-state index contributed by atoms with van der Waals surface area (Å²) >= 11 is 0.875. The van der Waals surface area contributed by atoms with Crippen LogP contribution in [0.3, 0.4) is 0 Å². The minimum atomic E-state index is -5.93. The first-order chi connectivity index (χ1) is 18.6. The molecular formula is C25H18F3N3O6S2. The molecule has 9 nitrogen and oxygen atoms in total. The van der Waals surface area contributed by atoms with E-state index >= 15 is 0 Å². The number of hydrogen-bond donors (Lipinski definition) is 0. The van der Waals surface area contributed by atoms with E-state index in [-0.39, 0.29) is 32.8 Å². The minimum absolute atomic E-state index is 0.0107. The summed E-state index contributed by atoms with van der Waals surface area (Å²) in [5.74, 6) is 1.08. The lowest BCUT2D eigenvalue weighted by atomic mass is 10.0. The van der Waals surface area contributed by atoms with Gasteiger partial charge in [0.1, 0.15) is 22.2 Å². The van der Waals surface area contributed by atoms with Crippen LogP contribution < -0.4 is 14.5 Å². The van der Waals surface area contributed by atoms with Crippen molar-refractivity contribution in [3.05, 3.63) is 70.7 Å². The van der Waals surface area contributed by atoms with Crippen LogP contribution in [0, 0.1) is 0 Å². The van der Waals surface area contributed by atoms with Gasteiger partial charge >= 0.3 is 15.6 Å². The molecule has 1 aliphatic rings. The molecule has 39 heavy (non-hydrogen) atoms. The Labute approximate surface area is 222 Å². The molecular weight excluding hydrogens is 559 g/mol. The number of hydrogen-bond acceptors (Lipinski definition) is 9. The van der Waals surface area contributed by atoms with E-state index in [4.69, 9.17) is 14.1 Å². The smallest absolute Gasteiger partial charge is 0.497 e. The predicted octanol–water partition coefficient (Wildman–Crippen LogP) is 5.43. The third kappa shape index (κ3) is 4.42. The lowest BCUT2D eigenvalue weighted by molar-refractivity contribution is -0.0499. The third-order valence-corrected chi connectivity index (χ3v) is 8.46. The molecule has 0 aliphatic heterocycles. The number of nitrogens with zero attached hydrogens (tertiary/aromatic N) is 3. The maximum atomic E-state index is 14.0. The van der Waals surface area contributed by atoms with Crippen LogP contribution in [0.4, 0.5) is 13.2 Å². The number of alkyl halides is 3. The average Bonchev–Trinajstić information content (AvgIpc) is 3.47. The third-order valence-electron chi connectivity index (χ3n) is 6.38. The van der Waals surface area contributed by atoms with Crippen molar-refractivity contribution in [2.24, 2.45) is 0 Å². The van der Waals surface area contributed by atoms with Gasteiger partial charge in [-0.2, -0.15) is 21.6 Å². The number of oxazole rings is 1. The maximum absolute atomic E-state index is 14.0. The van der Waals surface area contributed by atoms with E-state index in [1.54, 1.807) is 13.2 Å². The van der Waals surface area contributed by atoms with Crippen LogP contribution in [-0.2, 0) is 16.7 Å². The topological polar surface area (TPSA) is 114 Å². The fourth-order valence-electron chi connectivity index (χ4n) is 4.42. The van der Waals surface area contributed by atoms with Crippen molar-refractivity contribution in [3.63, 3.8) is 0 Å². The van der Waals surface area contributed by atoms with Crippen LogP contribution >= 0.6 is 11.3 Å². The van der Waals surface area contributed by atoms with Gasteiger partial charge < -0.3 is 13.3 Å². The highest BCUT2D eigenvalue weighted by Gasteiger charge is 2.48. The van der Waals surface area contributed by atoms with E-state index in [1.165, 1.54) is 29.3 Å². The summed E-state index contributed by atoms with van der Waals surface area (Å²) in [5, 5.41) is 0.340. The summed E-state index contributed by atoms with van der Waals surface area (Å²) in [5.41, 5.74) is -4.45. The summed E-state index contributed by atoms with van der Waals surface area (Å²) in [7, 11) is -4.37. The minimum Gasteiger partial charge on any atom is -0.497 e. The lowest BCUT2D eigenvalue weighted by Crippen LogP contribution is -2.28. The molecule has 3 heterocycles. The molecule has 14 heteroatoms. The van der Waals surface area contributed by atoms with Gasteiger partial charge in [0.15, 0.2) is 12.1 Å². The molecule has 1 fully saturated rings. The summed E-state index contributed by atoms with van der Waals surface area (Å²) in [6, 6.07) is 9.40. The Morgan fingerprint density at radius 3 is 2.67 bits per heavy atom. The van der Waals surface area contributed by atoms with Crippen molar-refractivity contribution < 1.29 is 34.9 Å². The molecule has 0 unspecified atom stereocenters. The van der Waals surface area contributed by atoms with E-state index in [0.29, 0.717) is 22.9 Å². The van der Waals surface area contributed by atoms with E-state index in [0.717, 1.165) is 35.8 Å². The number of benzene rings is 2. The number of fused-ring (bicyclic) bond motifs is 3. The first kappa shape index (κ1) is 25.4. The van der Waals surface area contributed by atoms with Gasteiger partial charge in [-0.3, -0.25) is 9.36 Å². The number of methoxy groups -OCH3 is 1. The van der Waals surface area contributed by atoms with Crippen LogP contribution in [-0.4, -0.2) is 35.6 Å². The SMILES string of the molecule is COc1ccc(-c2nc3sc4c(OS(=O)(=O)C(F)(F)F)cccc4c3c(=O)n2Cc2cnco2)c(C2CC2)c1. The van der Waals surface area contributed by atoms with E-state index < -0.39 is 26.9 Å². The molecule has 0 bridgehead atoms. The van der Waals surface area contributed by atoms with Crippen molar-refractivity contribution in [2.75, 3.05) is 7.11 Å². The molecule has 2 aromatic carbocycles. The molecule has 0 N–H and O–H groups in total. The lowest BCUT2D eigenvalue weighted by Gasteiger charge is -2.15. The van der Waals surface area contributed by atoms with Crippen molar-refractivity contribution in [2.45, 2.75) is 30.8 Å². The molecule has 5 aromatic rings. The molecule has 0 saturated heterocycles. The van der Waals surface area contributed by atoms with Crippen molar-refractivity contribution in [1.29, 1.82) is 0 Å². The van der Waals surface area contributed by atoms with E-state index in [2.05, 4.69) is 9.17 Å². The monoisotopic (exact) mass is 577 g/mol. The number of aromatic nitrogens is 3. The van der Waals surface area contributed by atoms with Crippen molar-refractivity contribution in [3.8, 4) is 22.9 Å². The Hall–Kier alpha value is -3.91. The molecule has 1 aliphatic carbocycles. The van der Waals surface area contributed by atoms with Gasteiger partial charge in [-0.05, 0) is 48.6 Å². The van der Waals surface area contributed by atoms with Crippen LogP contribution in [0.25, 0.3) is 31.7 Å². The van der Waals surface area contributed by atoms with Crippen LogP contribution in [0.1, 0.15) is 30.1 Å². The Balaban J connectivity index is 1.62. The van der Waals surface area contributed by atoms with Gasteiger partial charge in [-0.25, -0.2) is 9.97 Å². The van der Waals surface area contributed by atoms with Gasteiger partial charge in [0.2, 0.25) is 0 Å². The van der Waals surface area contributed by atoms with Gasteiger partial charge in [0.05, 0.1) is 29.9 Å². The fraction of sp³-hybridized carbons (Fsp3) is 0.240. The second-order valence-electron chi connectivity index (χ2n) is 8.92. The Morgan fingerprint density at radius 1 is 1.21 bits per heavy atom. The second-order valence-corrected chi connectivity index (χ2v) is 11.5. The standard InChI is InChI=1S/C25H18F3N3O6S2/c1-35-14-7-8-16(18(9-14)13-5-6-13)22-30-23-20(24(32)31(22)11-15-10-29-12-36-15)17-3-2-4-19(21(17)38-23)37-39(33,34)25(26,27)28/h2-4,7-10,12-13H,5-6,11H2,1H3. The first-order valence-electron chi connectivity index (χ1n) is 11.6. The normalized spacial score (nSPS) is 14.3. The fourth-order valence-corrected chi connectivity index (χ4v) is 6.05. The summed E-state index contributed by atoms with van der Waals surface area (Å²) < 4.78 is 79.2. The van der Waals surface area contributed by atoms with Crippen LogP contribution in [0.5, 0.6) is 11.5 Å². The summed E-state index contributed by atoms with van der Waals surface area (Å²) in [6.07, 6.45) is 4.63. The number of ether oxygens (including phenoxy) is 1. The average molecular weight is 578 g/mol.